The van der Waals surface area contributed by atoms with E-state index in [9.17, 15) is 24.5 Å². The molecular formula is C23H15ClN2O5. The van der Waals surface area contributed by atoms with Gasteiger partial charge in [0.25, 0.3) is 11.6 Å². The van der Waals surface area contributed by atoms with Crippen LogP contribution in [-0.2, 0) is 0 Å². The standard InChI is InChI=1S/C23H15ClN2O5/c24-12-13-25(23(29)14-8-10-15(11-9-14)26(30)31)19-7-3-6-18-20(19)22(28)17-5-2-1-4-16(17)21(18)27/h1-11H,12-13H2. The summed E-state index contributed by atoms with van der Waals surface area (Å²) >= 11 is 5.94. The summed E-state index contributed by atoms with van der Waals surface area (Å²) in [6, 6.07) is 16.5. The molecule has 0 unspecified atom stereocenters. The van der Waals surface area contributed by atoms with Crippen molar-refractivity contribution in [3.05, 3.63) is 105 Å². The second-order valence-corrected chi connectivity index (χ2v) is 7.23. The maximum atomic E-state index is 13.3. The van der Waals surface area contributed by atoms with Crippen LogP contribution in [0.5, 0.6) is 0 Å². The van der Waals surface area contributed by atoms with Gasteiger partial charge in [0, 0.05) is 46.8 Å². The zero-order chi connectivity index (χ0) is 22.1. The lowest BCUT2D eigenvalue weighted by molar-refractivity contribution is -0.384. The Labute approximate surface area is 182 Å². The van der Waals surface area contributed by atoms with Crippen LogP contribution < -0.4 is 4.90 Å². The smallest absolute Gasteiger partial charge is 0.269 e. The number of benzene rings is 3. The molecule has 0 radical (unpaired) electrons. The van der Waals surface area contributed by atoms with Crippen LogP contribution in [0.1, 0.15) is 42.2 Å². The van der Waals surface area contributed by atoms with Gasteiger partial charge in [-0.05, 0) is 18.2 Å². The summed E-state index contributed by atoms with van der Waals surface area (Å²) < 4.78 is 0. The molecule has 154 valence electrons. The molecule has 0 atom stereocenters. The molecule has 1 aliphatic rings. The number of ketones is 2. The number of nitro benzene ring substituents is 1. The molecule has 4 rings (SSSR count). The number of anilines is 1. The van der Waals surface area contributed by atoms with Gasteiger partial charge in [0.05, 0.1) is 16.2 Å². The van der Waals surface area contributed by atoms with Crippen molar-refractivity contribution in [2.75, 3.05) is 17.3 Å². The van der Waals surface area contributed by atoms with E-state index in [1.807, 2.05) is 0 Å². The molecule has 0 N–H and O–H groups in total. The predicted molar refractivity (Wildman–Crippen MR) is 115 cm³/mol. The lowest BCUT2D eigenvalue weighted by Gasteiger charge is -2.27. The summed E-state index contributed by atoms with van der Waals surface area (Å²) in [5, 5.41) is 10.9. The predicted octanol–water partition coefficient (Wildman–Crippen LogP) is 4.26. The summed E-state index contributed by atoms with van der Waals surface area (Å²) in [7, 11) is 0. The third kappa shape index (κ3) is 3.49. The average molecular weight is 435 g/mol. The Bertz CT molecular complexity index is 1240. The lowest BCUT2D eigenvalue weighted by Crippen LogP contribution is -2.35. The summed E-state index contributed by atoms with van der Waals surface area (Å²) in [5.74, 6) is -1.04. The van der Waals surface area contributed by atoms with Crippen LogP contribution in [0.2, 0.25) is 0 Å². The van der Waals surface area contributed by atoms with E-state index in [2.05, 4.69) is 0 Å². The van der Waals surface area contributed by atoms with Crippen molar-refractivity contribution in [2.24, 2.45) is 0 Å². The number of hydrogen-bond acceptors (Lipinski definition) is 5. The minimum Gasteiger partial charge on any atom is -0.306 e. The molecule has 7 nitrogen and oxygen atoms in total. The average Bonchev–Trinajstić information content (AvgIpc) is 2.80. The SMILES string of the molecule is O=C1c2ccccc2C(=O)c2c1cccc2N(CCCl)C(=O)c1ccc([N+](=O)[O-])cc1. The van der Waals surface area contributed by atoms with E-state index in [4.69, 9.17) is 11.6 Å². The first-order valence-corrected chi connectivity index (χ1v) is 9.91. The molecule has 0 aliphatic heterocycles. The van der Waals surface area contributed by atoms with Crippen LogP contribution in [0.25, 0.3) is 0 Å². The minimum atomic E-state index is -0.555. The highest BCUT2D eigenvalue weighted by molar-refractivity contribution is 6.31. The van der Waals surface area contributed by atoms with Gasteiger partial charge in [-0.1, -0.05) is 36.4 Å². The third-order valence-electron chi connectivity index (χ3n) is 5.10. The molecule has 3 aromatic carbocycles. The zero-order valence-corrected chi connectivity index (χ0v) is 16.8. The van der Waals surface area contributed by atoms with Crippen molar-refractivity contribution in [3.63, 3.8) is 0 Å². The topological polar surface area (TPSA) is 97.6 Å². The number of hydrogen-bond donors (Lipinski definition) is 0. The first-order valence-electron chi connectivity index (χ1n) is 9.37. The molecule has 0 saturated carbocycles. The van der Waals surface area contributed by atoms with Crippen LogP contribution in [0.3, 0.4) is 0 Å². The van der Waals surface area contributed by atoms with Gasteiger partial charge in [-0.3, -0.25) is 24.5 Å². The van der Waals surface area contributed by atoms with Crippen LogP contribution in [0.4, 0.5) is 11.4 Å². The maximum absolute atomic E-state index is 13.3. The molecule has 0 aromatic heterocycles. The Kier molecular flexibility index (Phi) is 5.35. The van der Waals surface area contributed by atoms with Crippen molar-refractivity contribution in [1.29, 1.82) is 0 Å². The molecule has 0 heterocycles. The number of carbonyl (C=O) groups is 3. The van der Waals surface area contributed by atoms with Crippen molar-refractivity contribution < 1.29 is 19.3 Å². The summed E-state index contributed by atoms with van der Waals surface area (Å²) in [6.45, 7) is 0.0803. The van der Waals surface area contributed by atoms with Crippen LogP contribution >= 0.6 is 11.6 Å². The molecule has 31 heavy (non-hydrogen) atoms. The van der Waals surface area contributed by atoms with Crippen LogP contribution in [0, 0.1) is 10.1 Å². The van der Waals surface area contributed by atoms with Crippen LogP contribution in [-0.4, -0.2) is 34.8 Å². The number of nitro groups is 1. The molecule has 0 spiro atoms. The summed E-state index contributed by atoms with van der Waals surface area (Å²) in [4.78, 5) is 51.1. The fourth-order valence-corrected chi connectivity index (χ4v) is 3.82. The first-order chi connectivity index (χ1) is 14.9. The third-order valence-corrected chi connectivity index (χ3v) is 5.27. The molecule has 0 saturated heterocycles. The number of rotatable bonds is 5. The molecule has 3 aromatic rings. The van der Waals surface area contributed by atoms with E-state index in [0.717, 1.165) is 0 Å². The number of amides is 1. The Morgan fingerprint density at radius 3 is 2.10 bits per heavy atom. The van der Waals surface area contributed by atoms with E-state index in [0.29, 0.717) is 5.56 Å². The van der Waals surface area contributed by atoms with E-state index in [-0.39, 0.29) is 57.6 Å². The Morgan fingerprint density at radius 2 is 1.48 bits per heavy atom. The second-order valence-electron chi connectivity index (χ2n) is 6.85. The van der Waals surface area contributed by atoms with Gasteiger partial charge in [0.2, 0.25) is 0 Å². The molecule has 1 amide bonds. The fraction of sp³-hybridized carbons (Fsp3) is 0.0870. The van der Waals surface area contributed by atoms with Crippen molar-refractivity contribution >= 4 is 40.4 Å². The quantitative estimate of drug-likeness (QED) is 0.265. The van der Waals surface area contributed by atoms with E-state index in [1.54, 1.807) is 42.5 Å². The van der Waals surface area contributed by atoms with Gasteiger partial charge in [0.1, 0.15) is 0 Å². The van der Waals surface area contributed by atoms with Crippen molar-refractivity contribution in [2.45, 2.75) is 0 Å². The number of nitrogens with zero attached hydrogens (tertiary/aromatic N) is 2. The highest BCUT2D eigenvalue weighted by Crippen LogP contribution is 2.34. The molecule has 0 fully saturated rings. The first kappa shape index (κ1) is 20.4. The monoisotopic (exact) mass is 434 g/mol. The Morgan fingerprint density at radius 1 is 0.871 bits per heavy atom. The molecular weight excluding hydrogens is 420 g/mol. The van der Waals surface area contributed by atoms with Crippen molar-refractivity contribution in [3.8, 4) is 0 Å². The molecule has 0 bridgehead atoms. The second kappa shape index (κ2) is 8.12. The molecule has 8 heteroatoms. The molecule has 1 aliphatic carbocycles. The van der Waals surface area contributed by atoms with Crippen molar-refractivity contribution in [1.82, 2.24) is 0 Å². The van der Waals surface area contributed by atoms with Gasteiger partial charge < -0.3 is 4.90 Å². The van der Waals surface area contributed by atoms with Gasteiger partial charge in [-0.2, -0.15) is 0 Å². The summed E-state index contributed by atoms with van der Waals surface area (Å²) in [6.07, 6.45) is 0. The maximum Gasteiger partial charge on any atom is 0.269 e. The number of halogens is 1. The lowest BCUT2D eigenvalue weighted by atomic mass is 9.83. The minimum absolute atomic E-state index is 0.0803. The van der Waals surface area contributed by atoms with Gasteiger partial charge >= 0.3 is 0 Å². The Hall–Kier alpha value is -3.84. The highest BCUT2D eigenvalue weighted by atomic mass is 35.5. The number of non-ortho nitro benzene ring substituents is 1. The van der Waals surface area contributed by atoms with E-state index < -0.39 is 10.8 Å². The zero-order valence-electron chi connectivity index (χ0n) is 16.1. The van der Waals surface area contributed by atoms with E-state index >= 15 is 0 Å². The number of alkyl halides is 1. The highest BCUT2D eigenvalue weighted by Gasteiger charge is 2.34. The fourth-order valence-electron chi connectivity index (χ4n) is 3.65. The number of fused-ring (bicyclic) bond motifs is 2. The van der Waals surface area contributed by atoms with Gasteiger partial charge in [0.15, 0.2) is 11.6 Å². The van der Waals surface area contributed by atoms with Crippen LogP contribution in [0.15, 0.2) is 66.7 Å². The van der Waals surface area contributed by atoms with E-state index in [1.165, 1.54) is 29.2 Å². The number of carbonyl (C=O) groups excluding carboxylic acids is 3. The van der Waals surface area contributed by atoms with Gasteiger partial charge in [-0.25, -0.2) is 0 Å². The summed E-state index contributed by atoms with van der Waals surface area (Å²) in [5.41, 5.74) is 1.29. The largest absolute Gasteiger partial charge is 0.306 e. The normalized spacial score (nSPS) is 12.2. The van der Waals surface area contributed by atoms with Gasteiger partial charge in [-0.15, -0.1) is 11.6 Å². The Balaban J connectivity index is 1.82.